The van der Waals surface area contributed by atoms with Crippen molar-refractivity contribution in [3.63, 3.8) is 0 Å². The Morgan fingerprint density at radius 3 is 2.52 bits per heavy atom. The second-order valence-corrected chi connectivity index (χ2v) is 8.15. The first-order chi connectivity index (χ1) is 13.6. The maximum absolute atomic E-state index is 12.6. The monoisotopic (exact) mass is 440 g/mol. The highest BCUT2D eigenvalue weighted by molar-refractivity contribution is 7.89. The van der Waals surface area contributed by atoms with Gasteiger partial charge in [-0.3, -0.25) is 14.9 Å². The first kappa shape index (κ1) is 22.3. The molecule has 0 unspecified atom stereocenters. The van der Waals surface area contributed by atoms with Gasteiger partial charge in [-0.05, 0) is 35.9 Å². The number of hydrogen-bond donors (Lipinski definition) is 1. The van der Waals surface area contributed by atoms with E-state index in [4.69, 9.17) is 16.3 Å². The van der Waals surface area contributed by atoms with E-state index in [1.165, 1.54) is 62.8 Å². The summed E-state index contributed by atoms with van der Waals surface area (Å²) in [6.45, 7) is -0.483. The highest BCUT2D eigenvalue weighted by atomic mass is 35.5. The summed E-state index contributed by atoms with van der Waals surface area (Å²) in [5.74, 6) is -0.347. The average molecular weight is 441 g/mol. The lowest BCUT2D eigenvalue weighted by atomic mass is 10.2. The minimum absolute atomic E-state index is 0.0725. The van der Waals surface area contributed by atoms with Crippen LogP contribution in [0.25, 0.3) is 0 Å². The molecule has 2 aromatic rings. The number of carbonyl (C=O) groups is 1. The summed E-state index contributed by atoms with van der Waals surface area (Å²) in [6, 6.07) is 9.47. The van der Waals surface area contributed by atoms with Gasteiger partial charge in [0.2, 0.25) is 10.0 Å². The lowest BCUT2D eigenvalue weighted by Gasteiger charge is -2.16. The predicted octanol–water partition coefficient (Wildman–Crippen LogP) is 2.03. The third-order valence-corrected chi connectivity index (χ3v) is 5.80. The van der Waals surface area contributed by atoms with Gasteiger partial charge in [0, 0.05) is 19.2 Å². The Bertz CT molecular complexity index is 1040. The van der Waals surface area contributed by atoms with Crippen LogP contribution >= 0.6 is 11.6 Å². The van der Waals surface area contributed by atoms with Gasteiger partial charge in [-0.15, -0.1) is 0 Å². The van der Waals surface area contributed by atoms with Gasteiger partial charge >= 0.3 is 0 Å². The third kappa shape index (κ3) is 5.73. The van der Waals surface area contributed by atoms with Crippen molar-refractivity contribution >= 4 is 39.4 Å². The topological polar surface area (TPSA) is 131 Å². The van der Waals surface area contributed by atoms with E-state index in [1.807, 2.05) is 0 Å². The number of carbonyl (C=O) groups excluding carboxylic acids is 1. The number of nitro groups is 1. The Hall–Kier alpha value is -3.02. The minimum atomic E-state index is -3.95. The van der Waals surface area contributed by atoms with Crippen LogP contribution in [0.3, 0.4) is 0 Å². The molecule has 0 saturated heterocycles. The van der Waals surface area contributed by atoms with Gasteiger partial charge in [0.1, 0.15) is 5.75 Å². The summed E-state index contributed by atoms with van der Waals surface area (Å²) in [6.07, 6.45) is 1.28. The molecule has 2 aromatic carbocycles. The second-order valence-electron chi connectivity index (χ2n) is 5.70. The summed E-state index contributed by atoms with van der Waals surface area (Å²) in [7, 11) is -1.31. The van der Waals surface area contributed by atoms with E-state index in [-0.39, 0.29) is 15.6 Å². The van der Waals surface area contributed by atoms with Crippen LogP contribution < -0.4 is 10.2 Å². The zero-order valence-electron chi connectivity index (χ0n) is 15.4. The van der Waals surface area contributed by atoms with Gasteiger partial charge in [-0.2, -0.15) is 9.41 Å². The van der Waals surface area contributed by atoms with Crippen LogP contribution in [0, 0.1) is 10.1 Å². The molecule has 0 atom stereocenters. The van der Waals surface area contributed by atoms with Gasteiger partial charge < -0.3 is 4.74 Å². The quantitative estimate of drug-likeness (QED) is 0.379. The Kier molecular flexibility index (Phi) is 7.26. The van der Waals surface area contributed by atoms with Crippen LogP contribution in [0.5, 0.6) is 5.75 Å². The smallest absolute Gasteiger partial charge is 0.269 e. The van der Waals surface area contributed by atoms with E-state index >= 15 is 0 Å². The molecular formula is C17H17ClN4O6S. The predicted molar refractivity (Wildman–Crippen MR) is 107 cm³/mol. The summed E-state index contributed by atoms with van der Waals surface area (Å²) in [5.41, 5.74) is 2.64. The molecule has 0 aromatic heterocycles. The SMILES string of the molecule is COc1ccc(S(=O)(=O)N(C)CC(=O)NN=Cc2ccc([N+](=O)[O-])cc2)cc1Cl. The number of sulfonamides is 1. The van der Waals surface area contributed by atoms with Crippen LogP contribution in [0.15, 0.2) is 52.5 Å². The number of non-ortho nitro benzene ring substituents is 1. The maximum atomic E-state index is 12.6. The fourth-order valence-electron chi connectivity index (χ4n) is 2.17. The zero-order chi connectivity index (χ0) is 21.6. The number of nitrogens with one attached hydrogen (secondary N) is 1. The molecule has 0 radical (unpaired) electrons. The summed E-state index contributed by atoms with van der Waals surface area (Å²) in [4.78, 5) is 21.9. The number of halogens is 1. The van der Waals surface area contributed by atoms with Crippen LogP contribution in [-0.2, 0) is 14.8 Å². The number of nitro benzene ring substituents is 1. The molecule has 0 heterocycles. The summed E-state index contributed by atoms with van der Waals surface area (Å²) in [5, 5.41) is 14.4. The van der Waals surface area contributed by atoms with Crippen LogP contribution in [0.2, 0.25) is 5.02 Å². The highest BCUT2D eigenvalue weighted by Crippen LogP contribution is 2.28. The number of methoxy groups -OCH3 is 1. The normalized spacial score (nSPS) is 11.6. The molecule has 0 aliphatic rings. The van der Waals surface area contributed by atoms with Gasteiger partial charge in [-0.1, -0.05) is 11.6 Å². The van der Waals surface area contributed by atoms with E-state index in [0.29, 0.717) is 11.3 Å². The number of ether oxygens (including phenoxy) is 1. The minimum Gasteiger partial charge on any atom is -0.495 e. The first-order valence-electron chi connectivity index (χ1n) is 8.01. The number of amides is 1. The third-order valence-electron chi connectivity index (χ3n) is 3.70. The van der Waals surface area contributed by atoms with E-state index in [2.05, 4.69) is 10.5 Å². The van der Waals surface area contributed by atoms with E-state index in [0.717, 1.165) is 4.31 Å². The Balaban J connectivity index is 1.98. The number of nitrogens with zero attached hydrogens (tertiary/aromatic N) is 3. The number of benzene rings is 2. The molecule has 10 nitrogen and oxygen atoms in total. The molecule has 0 saturated carbocycles. The molecule has 29 heavy (non-hydrogen) atoms. The van der Waals surface area contributed by atoms with Crippen molar-refractivity contribution in [1.29, 1.82) is 0 Å². The van der Waals surface area contributed by atoms with Crippen molar-refractivity contribution in [2.75, 3.05) is 20.7 Å². The molecule has 12 heteroatoms. The average Bonchev–Trinajstić information content (AvgIpc) is 2.68. The van der Waals surface area contributed by atoms with Crippen LogP contribution in [-0.4, -0.2) is 50.5 Å². The maximum Gasteiger partial charge on any atom is 0.269 e. The lowest BCUT2D eigenvalue weighted by Crippen LogP contribution is -2.36. The van der Waals surface area contributed by atoms with Crippen molar-refractivity contribution in [2.24, 2.45) is 5.10 Å². The number of hydrazone groups is 1. The first-order valence-corrected chi connectivity index (χ1v) is 9.83. The van der Waals surface area contributed by atoms with Crippen LogP contribution in [0.4, 0.5) is 5.69 Å². The van der Waals surface area contributed by atoms with Gasteiger partial charge in [0.25, 0.3) is 11.6 Å². The van der Waals surface area contributed by atoms with Gasteiger partial charge in [-0.25, -0.2) is 13.8 Å². The number of hydrogen-bond acceptors (Lipinski definition) is 7. The van der Waals surface area contributed by atoms with E-state index in [9.17, 15) is 23.3 Å². The molecular weight excluding hydrogens is 424 g/mol. The van der Waals surface area contributed by atoms with Crippen LogP contribution in [0.1, 0.15) is 5.56 Å². The summed E-state index contributed by atoms with van der Waals surface area (Å²) < 4.78 is 30.9. The molecule has 0 aliphatic heterocycles. The van der Waals surface area contributed by atoms with Crippen molar-refractivity contribution in [1.82, 2.24) is 9.73 Å². The van der Waals surface area contributed by atoms with Crippen molar-refractivity contribution in [3.05, 3.63) is 63.2 Å². The number of rotatable bonds is 8. The van der Waals surface area contributed by atoms with Crippen molar-refractivity contribution in [2.45, 2.75) is 4.90 Å². The molecule has 0 aliphatic carbocycles. The second kappa shape index (κ2) is 9.45. The zero-order valence-corrected chi connectivity index (χ0v) is 17.0. The molecule has 1 amide bonds. The molecule has 0 spiro atoms. The fraction of sp³-hybridized carbons (Fsp3) is 0.176. The van der Waals surface area contributed by atoms with Gasteiger partial charge in [0.15, 0.2) is 0 Å². The molecule has 154 valence electrons. The number of likely N-dealkylation sites (N-methyl/N-ethyl adjacent to an activating group) is 1. The fourth-order valence-corrected chi connectivity index (χ4v) is 3.65. The largest absolute Gasteiger partial charge is 0.495 e. The molecule has 0 bridgehead atoms. The lowest BCUT2D eigenvalue weighted by molar-refractivity contribution is -0.384. The Morgan fingerprint density at radius 1 is 1.31 bits per heavy atom. The van der Waals surface area contributed by atoms with Crippen molar-refractivity contribution in [3.8, 4) is 5.75 Å². The summed E-state index contributed by atoms with van der Waals surface area (Å²) >= 11 is 5.96. The Morgan fingerprint density at radius 2 is 1.97 bits per heavy atom. The standard InChI is InChI=1S/C17H17ClN4O6S/c1-21(29(26,27)14-7-8-16(28-2)15(18)9-14)11-17(23)20-19-10-12-3-5-13(6-4-12)22(24)25/h3-10H,11H2,1-2H3,(H,20,23). The van der Waals surface area contributed by atoms with E-state index < -0.39 is 27.4 Å². The van der Waals surface area contributed by atoms with Gasteiger partial charge in [0.05, 0.1) is 34.7 Å². The van der Waals surface area contributed by atoms with Crippen molar-refractivity contribution < 1.29 is 22.9 Å². The molecule has 2 rings (SSSR count). The Labute approximate surface area is 171 Å². The molecule has 0 fully saturated rings. The highest BCUT2D eigenvalue weighted by Gasteiger charge is 2.23. The van der Waals surface area contributed by atoms with E-state index in [1.54, 1.807) is 0 Å². The molecule has 1 N–H and O–H groups in total.